The maximum Gasteiger partial charge on any atom is 0.163 e. The van der Waals surface area contributed by atoms with Crippen LogP contribution in [0, 0.1) is 13.8 Å². The van der Waals surface area contributed by atoms with Crippen LogP contribution in [0.15, 0.2) is 36.4 Å². The maximum absolute atomic E-state index is 11.8. The van der Waals surface area contributed by atoms with Crippen molar-refractivity contribution in [1.29, 1.82) is 0 Å². The molecule has 1 N–H and O–H groups in total. The van der Waals surface area contributed by atoms with Gasteiger partial charge in [0.1, 0.15) is 24.2 Å². The predicted molar refractivity (Wildman–Crippen MR) is 119 cm³/mol. The molecule has 6 heteroatoms. The molecule has 2 aromatic rings. The summed E-state index contributed by atoms with van der Waals surface area (Å²) in [4.78, 5) is 16.5. The Balaban J connectivity index is 1.50. The van der Waals surface area contributed by atoms with Gasteiger partial charge in [0, 0.05) is 44.5 Å². The number of aryl methyl sites for hydroxylation is 2. The molecule has 0 radical (unpaired) electrons. The first kappa shape index (κ1) is 22.1. The van der Waals surface area contributed by atoms with Crippen LogP contribution in [0.2, 0.25) is 0 Å². The van der Waals surface area contributed by atoms with Gasteiger partial charge in [-0.1, -0.05) is 6.07 Å². The summed E-state index contributed by atoms with van der Waals surface area (Å²) in [7, 11) is 1.57. The van der Waals surface area contributed by atoms with Gasteiger partial charge in [-0.25, -0.2) is 0 Å². The lowest BCUT2D eigenvalue weighted by atomic mass is 10.1. The standard InChI is InChI=1S/C24H32N2O4/c1-17-5-6-20(13-18(17)2)26-11-9-25(10-12-26)15-21(28)16-30-24-14-22(29-4)7-8-23(24)19(3)27/h5-8,13-14,21,28H,9-12,15-16H2,1-4H3. The smallest absolute Gasteiger partial charge is 0.163 e. The average Bonchev–Trinajstić information content (AvgIpc) is 2.74. The zero-order chi connectivity index (χ0) is 21.7. The van der Waals surface area contributed by atoms with Crippen molar-refractivity contribution in [3.63, 3.8) is 0 Å². The number of β-amino-alcohol motifs (C(OH)–C–C–N with tert-alkyl or cyclic N) is 1. The fourth-order valence-electron chi connectivity index (χ4n) is 3.69. The molecule has 3 rings (SSSR count). The first-order chi connectivity index (χ1) is 14.4. The van der Waals surface area contributed by atoms with Crippen LogP contribution in [0.3, 0.4) is 0 Å². The van der Waals surface area contributed by atoms with E-state index in [-0.39, 0.29) is 12.4 Å². The zero-order valence-electron chi connectivity index (χ0n) is 18.4. The molecule has 30 heavy (non-hydrogen) atoms. The number of ether oxygens (including phenoxy) is 2. The average molecular weight is 413 g/mol. The summed E-state index contributed by atoms with van der Waals surface area (Å²) in [6.07, 6.45) is -0.635. The van der Waals surface area contributed by atoms with E-state index in [1.165, 1.54) is 23.7 Å². The molecule has 1 saturated heterocycles. The molecule has 1 aliphatic rings. The minimum Gasteiger partial charge on any atom is -0.497 e. The van der Waals surface area contributed by atoms with E-state index in [9.17, 15) is 9.90 Å². The minimum absolute atomic E-state index is 0.0791. The SMILES string of the molecule is COc1ccc(C(C)=O)c(OCC(O)CN2CCN(c3ccc(C)c(C)c3)CC2)c1. The molecule has 162 valence electrons. The van der Waals surface area contributed by atoms with Gasteiger partial charge >= 0.3 is 0 Å². The van der Waals surface area contributed by atoms with Crippen molar-refractivity contribution in [2.45, 2.75) is 26.9 Å². The molecule has 0 spiro atoms. The van der Waals surface area contributed by atoms with E-state index in [4.69, 9.17) is 9.47 Å². The van der Waals surface area contributed by atoms with Crippen molar-refractivity contribution in [1.82, 2.24) is 4.90 Å². The summed E-state index contributed by atoms with van der Waals surface area (Å²) in [6.45, 7) is 10.1. The summed E-state index contributed by atoms with van der Waals surface area (Å²) in [5, 5.41) is 10.5. The molecular formula is C24H32N2O4. The molecule has 1 unspecified atom stereocenters. The molecule has 1 fully saturated rings. The monoisotopic (exact) mass is 412 g/mol. The second-order valence-corrected chi connectivity index (χ2v) is 7.94. The second-order valence-electron chi connectivity index (χ2n) is 7.94. The number of ketones is 1. The first-order valence-corrected chi connectivity index (χ1v) is 10.4. The van der Waals surface area contributed by atoms with Gasteiger partial charge in [0.05, 0.1) is 12.7 Å². The normalized spacial score (nSPS) is 15.7. The highest BCUT2D eigenvalue weighted by molar-refractivity contribution is 5.97. The van der Waals surface area contributed by atoms with E-state index in [1.54, 1.807) is 25.3 Å². The Hall–Kier alpha value is -2.57. The van der Waals surface area contributed by atoms with Crippen LogP contribution in [0.4, 0.5) is 5.69 Å². The van der Waals surface area contributed by atoms with Crippen LogP contribution < -0.4 is 14.4 Å². The molecule has 1 heterocycles. The number of benzene rings is 2. The molecule has 0 aromatic heterocycles. The molecule has 1 aliphatic heterocycles. The Labute approximate surface area is 179 Å². The largest absolute Gasteiger partial charge is 0.497 e. The van der Waals surface area contributed by atoms with Crippen molar-refractivity contribution < 1.29 is 19.4 Å². The van der Waals surface area contributed by atoms with E-state index < -0.39 is 6.10 Å². The quantitative estimate of drug-likeness (QED) is 0.673. The molecule has 0 saturated carbocycles. The summed E-state index contributed by atoms with van der Waals surface area (Å²) in [5.74, 6) is 0.983. The van der Waals surface area contributed by atoms with Gasteiger partial charge in [-0.05, 0) is 56.2 Å². The van der Waals surface area contributed by atoms with Crippen LogP contribution >= 0.6 is 0 Å². The number of methoxy groups -OCH3 is 1. The van der Waals surface area contributed by atoms with Gasteiger partial charge in [0.2, 0.25) is 0 Å². The Morgan fingerprint density at radius 1 is 1.07 bits per heavy atom. The molecule has 6 nitrogen and oxygen atoms in total. The lowest BCUT2D eigenvalue weighted by Gasteiger charge is -2.37. The third kappa shape index (κ3) is 5.52. The number of hydrogen-bond donors (Lipinski definition) is 1. The van der Waals surface area contributed by atoms with Crippen LogP contribution in [-0.2, 0) is 0 Å². The lowest BCUT2D eigenvalue weighted by Crippen LogP contribution is -2.49. The van der Waals surface area contributed by atoms with Crippen molar-refractivity contribution >= 4 is 11.5 Å². The number of nitrogens with zero attached hydrogens (tertiary/aromatic N) is 2. The molecule has 1 atom stereocenters. The minimum atomic E-state index is -0.635. The van der Waals surface area contributed by atoms with E-state index in [1.807, 2.05) is 0 Å². The fourth-order valence-corrected chi connectivity index (χ4v) is 3.69. The Morgan fingerprint density at radius 2 is 1.80 bits per heavy atom. The zero-order valence-corrected chi connectivity index (χ0v) is 18.4. The number of aliphatic hydroxyl groups excluding tert-OH is 1. The van der Waals surface area contributed by atoms with Gasteiger partial charge in [0.15, 0.2) is 5.78 Å². The Kier molecular flexibility index (Phi) is 7.34. The highest BCUT2D eigenvalue weighted by Crippen LogP contribution is 2.25. The summed E-state index contributed by atoms with van der Waals surface area (Å²) in [6, 6.07) is 11.7. The van der Waals surface area contributed by atoms with Crippen LogP contribution in [0.5, 0.6) is 11.5 Å². The summed E-state index contributed by atoms with van der Waals surface area (Å²) >= 11 is 0. The van der Waals surface area contributed by atoms with Crippen molar-refractivity contribution in [3.05, 3.63) is 53.1 Å². The number of hydrogen-bond acceptors (Lipinski definition) is 6. The van der Waals surface area contributed by atoms with Gasteiger partial charge in [-0.15, -0.1) is 0 Å². The van der Waals surface area contributed by atoms with Crippen LogP contribution in [0.25, 0.3) is 0 Å². The molecule has 0 aliphatic carbocycles. The summed E-state index contributed by atoms with van der Waals surface area (Å²) < 4.78 is 11.0. The van der Waals surface area contributed by atoms with Gasteiger partial charge in [-0.3, -0.25) is 9.69 Å². The third-order valence-corrected chi connectivity index (χ3v) is 5.70. The van der Waals surface area contributed by atoms with Crippen molar-refractivity contribution in [2.75, 3.05) is 51.3 Å². The van der Waals surface area contributed by atoms with Crippen LogP contribution in [-0.4, -0.2) is 68.3 Å². The fraction of sp³-hybridized carbons (Fsp3) is 0.458. The van der Waals surface area contributed by atoms with Gasteiger partial charge in [0.25, 0.3) is 0 Å². The predicted octanol–water partition coefficient (Wildman–Crippen LogP) is 3.08. The highest BCUT2D eigenvalue weighted by atomic mass is 16.5. The second kappa shape index (κ2) is 9.96. The molecule has 2 aromatic carbocycles. The number of anilines is 1. The number of rotatable bonds is 8. The first-order valence-electron chi connectivity index (χ1n) is 10.4. The topological polar surface area (TPSA) is 62.2 Å². The van der Waals surface area contributed by atoms with E-state index >= 15 is 0 Å². The van der Waals surface area contributed by atoms with Crippen LogP contribution in [0.1, 0.15) is 28.4 Å². The van der Waals surface area contributed by atoms with Crippen molar-refractivity contribution in [2.24, 2.45) is 0 Å². The molecule has 0 bridgehead atoms. The third-order valence-electron chi connectivity index (χ3n) is 5.70. The number of Topliss-reactive ketones (excluding diaryl/α,β-unsaturated/α-hetero) is 1. The highest BCUT2D eigenvalue weighted by Gasteiger charge is 2.20. The van der Waals surface area contributed by atoms with E-state index in [0.29, 0.717) is 23.6 Å². The van der Waals surface area contributed by atoms with Crippen molar-refractivity contribution in [3.8, 4) is 11.5 Å². The van der Waals surface area contributed by atoms with Gasteiger partial charge in [-0.2, -0.15) is 0 Å². The Bertz CT molecular complexity index is 876. The molecule has 0 amide bonds. The summed E-state index contributed by atoms with van der Waals surface area (Å²) in [5.41, 5.74) is 4.37. The number of piperazine rings is 1. The Morgan fingerprint density at radius 3 is 2.43 bits per heavy atom. The van der Waals surface area contributed by atoms with E-state index in [0.717, 1.165) is 26.2 Å². The van der Waals surface area contributed by atoms with E-state index in [2.05, 4.69) is 41.8 Å². The number of carbonyl (C=O) groups is 1. The lowest BCUT2D eigenvalue weighted by molar-refractivity contribution is 0.0655. The maximum atomic E-state index is 11.8. The van der Waals surface area contributed by atoms with Gasteiger partial charge < -0.3 is 19.5 Å². The number of carbonyl (C=O) groups excluding carboxylic acids is 1. The molecular weight excluding hydrogens is 380 g/mol. The number of aliphatic hydroxyl groups is 1.